The van der Waals surface area contributed by atoms with Crippen LogP contribution in [0, 0.1) is 11.3 Å². The van der Waals surface area contributed by atoms with Crippen molar-refractivity contribution in [1.29, 1.82) is 0 Å². The third kappa shape index (κ3) is 5.19. The fourth-order valence-corrected chi connectivity index (χ4v) is 5.08. The van der Waals surface area contributed by atoms with Crippen molar-refractivity contribution in [3.63, 3.8) is 0 Å². The molecule has 28 heavy (non-hydrogen) atoms. The number of guanidine groups is 1. The van der Waals surface area contributed by atoms with E-state index in [1.165, 1.54) is 0 Å². The first kappa shape index (κ1) is 23.4. The van der Waals surface area contributed by atoms with E-state index in [2.05, 4.69) is 67.1 Å². The SMILES string of the molecule is CCOC1CC(NC(=NC)NCC(C(C)C)N2CCN(C)CC2)C1(CC)CC. The summed E-state index contributed by atoms with van der Waals surface area (Å²) in [5.74, 6) is 1.55. The van der Waals surface area contributed by atoms with Crippen LogP contribution >= 0.6 is 0 Å². The first-order valence-corrected chi connectivity index (χ1v) is 11.4. The van der Waals surface area contributed by atoms with E-state index in [9.17, 15) is 0 Å². The van der Waals surface area contributed by atoms with Gasteiger partial charge in [0.2, 0.25) is 0 Å². The van der Waals surface area contributed by atoms with Crippen molar-refractivity contribution in [2.45, 2.75) is 72.1 Å². The Morgan fingerprint density at radius 2 is 1.79 bits per heavy atom. The largest absolute Gasteiger partial charge is 0.378 e. The van der Waals surface area contributed by atoms with E-state index in [1.54, 1.807) is 0 Å². The smallest absolute Gasteiger partial charge is 0.191 e. The van der Waals surface area contributed by atoms with Crippen molar-refractivity contribution < 1.29 is 4.74 Å². The third-order valence-electron chi connectivity index (χ3n) is 7.26. The van der Waals surface area contributed by atoms with Crippen molar-refractivity contribution in [2.24, 2.45) is 16.3 Å². The van der Waals surface area contributed by atoms with Gasteiger partial charge in [0, 0.05) is 63.9 Å². The number of hydrogen-bond donors (Lipinski definition) is 2. The van der Waals surface area contributed by atoms with Gasteiger partial charge in [-0.1, -0.05) is 27.7 Å². The van der Waals surface area contributed by atoms with Crippen LogP contribution < -0.4 is 10.6 Å². The number of nitrogens with one attached hydrogen (secondary N) is 2. The minimum absolute atomic E-state index is 0.225. The molecule has 6 nitrogen and oxygen atoms in total. The Kier molecular flexibility index (Phi) is 9.03. The zero-order valence-electron chi connectivity index (χ0n) is 19.4. The quantitative estimate of drug-likeness (QED) is 0.464. The Morgan fingerprint density at radius 1 is 1.14 bits per heavy atom. The number of nitrogens with zero attached hydrogens (tertiary/aromatic N) is 3. The van der Waals surface area contributed by atoms with Gasteiger partial charge in [0.1, 0.15) is 0 Å². The lowest BCUT2D eigenvalue weighted by Crippen LogP contribution is -2.66. The van der Waals surface area contributed by atoms with Gasteiger partial charge in [-0.05, 0) is 39.2 Å². The molecule has 0 aromatic rings. The molecule has 2 rings (SSSR count). The molecule has 164 valence electrons. The zero-order chi connectivity index (χ0) is 20.7. The molecular weight excluding hydrogens is 350 g/mol. The molecule has 2 fully saturated rings. The van der Waals surface area contributed by atoms with Gasteiger partial charge in [0.05, 0.1) is 6.10 Å². The second kappa shape index (κ2) is 10.8. The molecule has 1 aliphatic heterocycles. The molecule has 1 saturated heterocycles. The van der Waals surface area contributed by atoms with Gasteiger partial charge in [-0.25, -0.2) is 0 Å². The van der Waals surface area contributed by atoms with Gasteiger partial charge in [-0.3, -0.25) is 9.89 Å². The Balaban J connectivity index is 1.92. The molecule has 2 N–H and O–H groups in total. The average Bonchev–Trinajstić information content (AvgIpc) is 2.68. The lowest BCUT2D eigenvalue weighted by molar-refractivity contribution is -0.133. The predicted molar refractivity (Wildman–Crippen MR) is 119 cm³/mol. The summed E-state index contributed by atoms with van der Waals surface area (Å²) in [5.41, 5.74) is 0.225. The first-order valence-electron chi connectivity index (χ1n) is 11.4. The van der Waals surface area contributed by atoms with Gasteiger partial charge >= 0.3 is 0 Å². The number of rotatable bonds is 9. The molecule has 2 aliphatic rings. The van der Waals surface area contributed by atoms with Crippen LogP contribution in [0.2, 0.25) is 0 Å². The van der Waals surface area contributed by atoms with Gasteiger partial charge < -0.3 is 20.3 Å². The molecule has 0 aromatic carbocycles. The van der Waals surface area contributed by atoms with Crippen LogP contribution in [0.4, 0.5) is 0 Å². The van der Waals surface area contributed by atoms with E-state index < -0.39 is 0 Å². The number of ether oxygens (including phenoxy) is 1. The maximum absolute atomic E-state index is 6.03. The normalized spacial score (nSPS) is 27.5. The summed E-state index contributed by atoms with van der Waals surface area (Å²) < 4.78 is 6.03. The number of aliphatic imine (C=N–C) groups is 1. The summed E-state index contributed by atoms with van der Waals surface area (Å²) in [6.07, 6.45) is 3.72. The molecule has 1 saturated carbocycles. The van der Waals surface area contributed by atoms with E-state index in [-0.39, 0.29) is 5.41 Å². The Morgan fingerprint density at radius 3 is 2.29 bits per heavy atom. The maximum Gasteiger partial charge on any atom is 0.191 e. The Bertz CT molecular complexity index is 483. The number of hydrogen-bond acceptors (Lipinski definition) is 4. The highest BCUT2D eigenvalue weighted by atomic mass is 16.5. The lowest BCUT2D eigenvalue weighted by Gasteiger charge is -2.55. The molecule has 6 heteroatoms. The van der Waals surface area contributed by atoms with E-state index in [0.29, 0.717) is 24.1 Å². The predicted octanol–water partition coefficient (Wildman–Crippen LogP) is 2.41. The monoisotopic (exact) mass is 395 g/mol. The minimum Gasteiger partial charge on any atom is -0.378 e. The van der Waals surface area contributed by atoms with Crippen LogP contribution in [0.25, 0.3) is 0 Å². The number of piperazine rings is 1. The standard InChI is InChI=1S/C22H45N5O/c1-8-22(9-2)19(15-20(22)28-10-3)25-21(23-6)24-16-18(17(4)5)27-13-11-26(7)12-14-27/h17-20H,8-16H2,1-7H3,(H2,23,24,25). The second-order valence-electron chi connectivity index (χ2n) is 8.92. The van der Waals surface area contributed by atoms with Crippen LogP contribution in [0.15, 0.2) is 4.99 Å². The molecular formula is C22H45N5O. The molecule has 1 heterocycles. The van der Waals surface area contributed by atoms with Crippen LogP contribution in [-0.2, 0) is 4.74 Å². The second-order valence-corrected chi connectivity index (χ2v) is 8.92. The summed E-state index contributed by atoms with van der Waals surface area (Å²) in [6.45, 7) is 17.7. The van der Waals surface area contributed by atoms with Gasteiger partial charge in [-0.15, -0.1) is 0 Å². The van der Waals surface area contributed by atoms with Crippen molar-refractivity contribution in [3.05, 3.63) is 0 Å². The fourth-order valence-electron chi connectivity index (χ4n) is 5.08. The number of likely N-dealkylation sites (N-methyl/N-ethyl adjacent to an activating group) is 1. The molecule has 0 bridgehead atoms. The lowest BCUT2D eigenvalue weighted by atomic mass is 9.58. The van der Waals surface area contributed by atoms with E-state index in [1.807, 2.05) is 7.05 Å². The summed E-state index contributed by atoms with van der Waals surface area (Å²) >= 11 is 0. The Labute approximate surface area is 173 Å². The maximum atomic E-state index is 6.03. The van der Waals surface area contributed by atoms with E-state index in [4.69, 9.17) is 4.74 Å². The average molecular weight is 396 g/mol. The van der Waals surface area contributed by atoms with Crippen molar-refractivity contribution in [1.82, 2.24) is 20.4 Å². The summed E-state index contributed by atoms with van der Waals surface area (Å²) in [6, 6.07) is 0.971. The van der Waals surface area contributed by atoms with Crippen LogP contribution in [-0.4, -0.2) is 87.4 Å². The summed E-state index contributed by atoms with van der Waals surface area (Å²) in [7, 11) is 4.10. The van der Waals surface area contributed by atoms with Gasteiger partial charge in [0.15, 0.2) is 5.96 Å². The molecule has 0 radical (unpaired) electrons. The first-order chi connectivity index (χ1) is 13.4. The van der Waals surface area contributed by atoms with Crippen LogP contribution in [0.1, 0.15) is 53.9 Å². The van der Waals surface area contributed by atoms with Crippen molar-refractivity contribution in [2.75, 3.05) is 53.4 Å². The van der Waals surface area contributed by atoms with Crippen molar-refractivity contribution in [3.8, 4) is 0 Å². The molecule has 0 amide bonds. The van der Waals surface area contributed by atoms with Crippen LogP contribution in [0.5, 0.6) is 0 Å². The summed E-state index contributed by atoms with van der Waals surface area (Å²) in [4.78, 5) is 9.59. The highest BCUT2D eigenvalue weighted by molar-refractivity contribution is 5.80. The Hall–Kier alpha value is -0.850. The minimum atomic E-state index is 0.225. The van der Waals surface area contributed by atoms with Crippen molar-refractivity contribution >= 4 is 5.96 Å². The molecule has 0 aromatic heterocycles. The van der Waals surface area contributed by atoms with Gasteiger partial charge in [0.25, 0.3) is 0 Å². The van der Waals surface area contributed by atoms with Gasteiger partial charge in [-0.2, -0.15) is 0 Å². The topological polar surface area (TPSA) is 52.1 Å². The molecule has 1 aliphatic carbocycles. The molecule has 3 unspecified atom stereocenters. The van der Waals surface area contributed by atoms with Crippen LogP contribution in [0.3, 0.4) is 0 Å². The van der Waals surface area contributed by atoms with E-state index in [0.717, 1.165) is 64.6 Å². The zero-order valence-corrected chi connectivity index (χ0v) is 19.4. The molecule has 0 spiro atoms. The highest BCUT2D eigenvalue weighted by Crippen LogP contribution is 2.48. The molecule has 3 atom stereocenters. The summed E-state index contributed by atoms with van der Waals surface area (Å²) in [5, 5.41) is 7.35. The fraction of sp³-hybridized carbons (Fsp3) is 0.955. The highest BCUT2D eigenvalue weighted by Gasteiger charge is 2.53. The third-order valence-corrected chi connectivity index (χ3v) is 7.26. The van der Waals surface area contributed by atoms with E-state index >= 15 is 0 Å².